The lowest BCUT2D eigenvalue weighted by Gasteiger charge is -2.27. The number of nitrogen functional groups attached to an aromatic ring is 2. The van der Waals surface area contributed by atoms with Crippen LogP contribution in [0.15, 0.2) is 12.1 Å². The summed E-state index contributed by atoms with van der Waals surface area (Å²) in [5, 5.41) is 2.17. The van der Waals surface area contributed by atoms with E-state index >= 15 is 0 Å². The molecule has 82 valence electrons. The molecule has 0 atom stereocenters. The van der Waals surface area contributed by atoms with Crippen molar-refractivity contribution in [3.05, 3.63) is 12.1 Å². The Kier molecular flexibility index (Phi) is 2.91. The highest BCUT2D eigenvalue weighted by Crippen LogP contribution is 2.16. The Labute approximate surface area is 89.4 Å². The lowest BCUT2D eigenvalue weighted by Crippen LogP contribution is -2.35. The van der Waals surface area contributed by atoms with E-state index in [1.54, 1.807) is 6.07 Å². The predicted octanol–water partition coefficient (Wildman–Crippen LogP) is 1.06. The average Bonchev–Trinajstić information content (AvgIpc) is 2.25. The quantitative estimate of drug-likeness (QED) is 0.675. The second kappa shape index (κ2) is 4.35. The van der Waals surface area contributed by atoms with Crippen LogP contribution in [-0.4, -0.2) is 23.1 Å². The third kappa shape index (κ3) is 2.50. The molecule has 1 fully saturated rings. The first-order chi connectivity index (χ1) is 7.25. The Bertz CT molecular complexity index is 333. The second-order valence-electron chi connectivity index (χ2n) is 3.83. The lowest BCUT2D eigenvalue weighted by molar-refractivity contribution is 0.272. The summed E-state index contributed by atoms with van der Waals surface area (Å²) in [6, 6.07) is 3.62. The lowest BCUT2D eigenvalue weighted by atomic mass is 10.2. The van der Waals surface area contributed by atoms with Crippen LogP contribution in [0.1, 0.15) is 19.3 Å². The van der Waals surface area contributed by atoms with Gasteiger partial charge in [-0.1, -0.05) is 6.42 Å². The summed E-state index contributed by atoms with van der Waals surface area (Å²) >= 11 is 0. The van der Waals surface area contributed by atoms with E-state index < -0.39 is 0 Å². The maximum absolute atomic E-state index is 5.63. The number of nitrogens with one attached hydrogen (secondary N) is 1. The maximum atomic E-state index is 5.63. The van der Waals surface area contributed by atoms with E-state index in [4.69, 9.17) is 11.5 Å². The first-order valence-corrected chi connectivity index (χ1v) is 5.29. The summed E-state index contributed by atoms with van der Waals surface area (Å²) in [6.45, 7) is 2.12. The minimum atomic E-state index is 0.386. The Balaban J connectivity index is 2.00. The van der Waals surface area contributed by atoms with Crippen molar-refractivity contribution >= 4 is 17.3 Å². The summed E-state index contributed by atoms with van der Waals surface area (Å²) in [6.07, 6.45) is 3.78. The first kappa shape index (κ1) is 10.0. The Hall–Kier alpha value is -1.49. The highest BCUT2D eigenvalue weighted by atomic mass is 15.5. The SMILES string of the molecule is Nc1ccc(NN2CCCCC2)nc1N. The van der Waals surface area contributed by atoms with Crippen LogP contribution >= 0.6 is 0 Å². The molecule has 1 saturated heterocycles. The molecular formula is C10H17N5. The number of nitrogens with two attached hydrogens (primary N) is 2. The molecule has 2 rings (SSSR count). The van der Waals surface area contributed by atoms with Gasteiger partial charge in [0, 0.05) is 13.1 Å². The third-order valence-electron chi connectivity index (χ3n) is 2.59. The molecule has 5 heteroatoms. The molecule has 0 bridgehead atoms. The number of rotatable bonds is 2. The zero-order valence-electron chi connectivity index (χ0n) is 8.74. The Morgan fingerprint density at radius 3 is 2.53 bits per heavy atom. The molecule has 1 aromatic heterocycles. The fourth-order valence-electron chi connectivity index (χ4n) is 1.72. The molecule has 1 aromatic rings. The normalized spacial score (nSPS) is 17.6. The van der Waals surface area contributed by atoms with Crippen LogP contribution in [0.5, 0.6) is 0 Å². The number of aromatic nitrogens is 1. The molecule has 0 unspecified atom stereocenters. The summed E-state index contributed by atoms with van der Waals surface area (Å²) in [7, 11) is 0. The number of piperidine rings is 1. The van der Waals surface area contributed by atoms with Gasteiger partial charge in [0.05, 0.1) is 5.69 Å². The molecule has 0 radical (unpaired) electrons. The number of nitrogens with zero attached hydrogens (tertiary/aromatic N) is 2. The minimum absolute atomic E-state index is 0.386. The van der Waals surface area contributed by atoms with Crippen LogP contribution in [-0.2, 0) is 0 Å². The van der Waals surface area contributed by atoms with Gasteiger partial charge in [0.15, 0.2) is 0 Å². The smallest absolute Gasteiger partial charge is 0.149 e. The maximum Gasteiger partial charge on any atom is 0.149 e. The fourth-order valence-corrected chi connectivity index (χ4v) is 1.72. The van der Waals surface area contributed by atoms with Crippen molar-refractivity contribution < 1.29 is 0 Å². The molecule has 1 aliphatic heterocycles. The van der Waals surface area contributed by atoms with E-state index in [9.17, 15) is 0 Å². The van der Waals surface area contributed by atoms with Crippen molar-refractivity contribution in [2.45, 2.75) is 19.3 Å². The molecule has 0 aliphatic carbocycles. The average molecular weight is 207 g/mol. The van der Waals surface area contributed by atoms with Gasteiger partial charge in [0.1, 0.15) is 11.6 Å². The van der Waals surface area contributed by atoms with Crippen molar-refractivity contribution in [2.24, 2.45) is 0 Å². The van der Waals surface area contributed by atoms with E-state index in [-0.39, 0.29) is 0 Å². The molecule has 5 N–H and O–H groups in total. The van der Waals surface area contributed by atoms with Gasteiger partial charge >= 0.3 is 0 Å². The van der Waals surface area contributed by atoms with Crippen molar-refractivity contribution in [1.29, 1.82) is 0 Å². The van der Waals surface area contributed by atoms with Gasteiger partial charge in [0.2, 0.25) is 0 Å². The van der Waals surface area contributed by atoms with E-state index in [0.717, 1.165) is 18.9 Å². The van der Waals surface area contributed by atoms with Crippen molar-refractivity contribution in [1.82, 2.24) is 9.99 Å². The Morgan fingerprint density at radius 1 is 1.13 bits per heavy atom. The van der Waals surface area contributed by atoms with Crippen molar-refractivity contribution in [3.63, 3.8) is 0 Å². The van der Waals surface area contributed by atoms with Gasteiger partial charge in [-0.15, -0.1) is 0 Å². The predicted molar refractivity (Wildman–Crippen MR) is 62.1 cm³/mol. The van der Waals surface area contributed by atoms with Gasteiger partial charge in [-0.3, -0.25) is 0 Å². The zero-order chi connectivity index (χ0) is 10.7. The number of hydrogen-bond donors (Lipinski definition) is 3. The highest BCUT2D eigenvalue weighted by molar-refractivity contribution is 5.61. The molecule has 1 aliphatic rings. The number of hydrazine groups is 1. The van der Waals surface area contributed by atoms with Gasteiger partial charge in [-0.05, 0) is 25.0 Å². The van der Waals surface area contributed by atoms with Crippen LogP contribution in [0.2, 0.25) is 0 Å². The van der Waals surface area contributed by atoms with Gasteiger partial charge < -0.3 is 16.9 Å². The van der Waals surface area contributed by atoms with Crippen LogP contribution in [0.4, 0.5) is 17.3 Å². The summed E-state index contributed by atoms with van der Waals surface area (Å²) in [5.41, 5.74) is 15.0. The standard InChI is InChI=1S/C10H17N5/c11-8-4-5-9(13-10(8)12)14-15-6-2-1-3-7-15/h4-5H,1-3,6-7,11H2,(H3,12,13,14). The van der Waals surface area contributed by atoms with Gasteiger partial charge in [-0.25, -0.2) is 9.99 Å². The number of pyridine rings is 1. The van der Waals surface area contributed by atoms with Gasteiger partial charge in [0.25, 0.3) is 0 Å². The fraction of sp³-hybridized carbons (Fsp3) is 0.500. The Morgan fingerprint density at radius 2 is 1.87 bits per heavy atom. The summed E-state index contributed by atoms with van der Waals surface area (Å²) < 4.78 is 0. The molecule has 0 amide bonds. The topological polar surface area (TPSA) is 80.2 Å². The third-order valence-corrected chi connectivity index (χ3v) is 2.59. The van der Waals surface area contributed by atoms with Crippen LogP contribution in [0.3, 0.4) is 0 Å². The summed E-state index contributed by atoms with van der Waals surface area (Å²) in [4.78, 5) is 4.17. The van der Waals surface area contributed by atoms with Crippen LogP contribution in [0, 0.1) is 0 Å². The largest absolute Gasteiger partial charge is 0.396 e. The molecular weight excluding hydrogens is 190 g/mol. The minimum Gasteiger partial charge on any atom is -0.396 e. The molecule has 2 heterocycles. The monoisotopic (exact) mass is 207 g/mol. The number of anilines is 3. The van der Waals surface area contributed by atoms with E-state index in [1.807, 2.05) is 6.07 Å². The molecule has 0 aromatic carbocycles. The first-order valence-electron chi connectivity index (χ1n) is 5.29. The zero-order valence-corrected chi connectivity index (χ0v) is 8.74. The van der Waals surface area contributed by atoms with Crippen molar-refractivity contribution in [3.8, 4) is 0 Å². The van der Waals surface area contributed by atoms with Crippen LogP contribution in [0.25, 0.3) is 0 Å². The molecule has 0 saturated carbocycles. The molecule has 0 spiro atoms. The number of hydrogen-bond acceptors (Lipinski definition) is 5. The second-order valence-corrected chi connectivity index (χ2v) is 3.83. The van der Waals surface area contributed by atoms with Crippen molar-refractivity contribution in [2.75, 3.05) is 30.0 Å². The van der Waals surface area contributed by atoms with Crippen LogP contribution < -0.4 is 16.9 Å². The van der Waals surface area contributed by atoms with E-state index in [2.05, 4.69) is 15.4 Å². The molecule has 5 nitrogen and oxygen atoms in total. The molecule has 15 heavy (non-hydrogen) atoms. The van der Waals surface area contributed by atoms with E-state index in [0.29, 0.717) is 11.5 Å². The van der Waals surface area contributed by atoms with Gasteiger partial charge in [-0.2, -0.15) is 0 Å². The summed E-state index contributed by atoms with van der Waals surface area (Å²) in [5.74, 6) is 1.15. The highest BCUT2D eigenvalue weighted by Gasteiger charge is 2.10. The van der Waals surface area contributed by atoms with E-state index in [1.165, 1.54) is 19.3 Å².